The van der Waals surface area contributed by atoms with Gasteiger partial charge >= 0.3 is 5.97 Å². The van der Waals surface area contributed by atoms with Crippen LogP contribution in [0.25, 0.3) is 10.9 Å². The second kappa shape index (κ2) is 4.20. The molecule has 5 heteroatoms. The van der Waals surface area contributed by atoms with Gasteiger partial charge in [0, 0.05) is 11.6 Å². The van der Waals surface area contributed by atoms with Gasteiger partial charge < -0.3 is 15.5 Å². The van der Waals surface area contributed by atoms with Crippen molar-refractivity contribution in [1.29, 1.82) is 0 Å². The number of hydrogen-bond acceptors (Lipinski definition) is 4. The van der Waals surface area contributed by atoms with Crippen molar-refractivity contribution in [2.45, 2.75) is 18.4 Å². The first-order chi connectivity index (χ1) is 9.15. The van der Waals surface area contributed by atoms with Crippen LogP contribution in [-0.4, -0.2) is 33.3 Å². The number of para-hydroxylation sites is 1. The van der Waals surface area contributed by atoms with Crippen molar-refractivity contribution in [3.05, 3.63) is 36.0 Å². The first-order valence-corrected chi connectivity index (χ1v) is 6.15. The molecule has 0 radical (unpaired) electrons. The molecule has 1 aromatic heterocycles. The molecule has 0 spiro atoms. The van der Waals surface area contributed by atoms with E-state index in [9.17, 15) is 15.0 Å². The Morgan fingerprint density at radius 3 is 2.74 bits per heavy atom. The van der Waals surface area contributed by atoms with Crippen LogP contribution in [0.5, 0.6) is 0 Å². The van der Waals surface area contributed by atoms with Crippen molar-refractivity contribution in [2.24, 2.45) is 0 Å². The van der Waals surface area contributed by atoms with Crippen molar-refractivity contribution < 1.29 is 15.0 Å². The number of carboxylic acids is 1. The number of anilines is 1. The van der Waals surface area contributed by atoms with Gasteiger partial charge in [-0.25, -0.2) is 4.79 Å². The molecule has 5 nitrogen and oxygen atoms in total. The van der Waals surface area contributed by atoms with Crippen LogP contribution in [-0.2, 0) is 0 Å². The van der Waals surface area contributed by atoms with Gasteiger partial charge in [-0.05, 0) is 18.9 Å². The smallest absolute Gasteiger partial charge is 0.339 e. The molecule has 3 N–H and O–H groups in total. The molecule has 0 atom stereocenters. The van der Waals surface area contributed by atoms with Gasteiger partial charge in [-0.2, -0.15) is 0 Å². The molecule has 0 aliphatic heterocycles. The van der Waals surface area contributed by atoms with E-state index in [1.54, 1.807) is 0 Å². The molecule has 19 heavy (non-hydrogen) atoms. The zero-order valence-corrected chi connectivity index (χ0v) is 10.3. The van der Waals surface area contributed by atoms with Gasteiger partial charge in [-0.3, -0.25) is 4.98 Å². The first-order valence-electron chi connectivity index (χ1n) is 6.15. The van der Waals surface area contributed by atoms with E-state index in [0.29, 0.717) is 5.69 Å². The van der Waals surface area contributed by atoms with E-state index in [1.165, 1.54) is 6.20 Å². The largest absolute Gasteiger partial charge is 0.478 e. The maximum absolute atomic E-state index is 11.3. The number of fused-ring (bicyclic) bond motifs is 1. The molecule has 2 aromatic rings. The Balaban J connectivity index is 2.17. The molecule has 1 heterocycles. The fraction of sp³-hybridized carbons (Fsp3) is 0.286. The van der Waals surface area contributed by atoms with Crippen LogP contribution < -0.4 is 5.32 Å². The fourth-order valence-electron chi connectivity index (χ4n) is 2.18. The van der Waals surface area contributed by atoms with Gasteiger partial charge in [-0.15, -0.1) is 0 Å². The molecule has 1 fully saturated rings. The Morgan fingerprint density at radius 1 is 1.37 bits per heavy atom. The Bertz CT molecular complexity index is 650. The number of aliphatic hydroxyl groups is 1. The monoisotopic (exact) mass is 258 g/mol. The molecule has 3 rings (SSSR count). The maximum Gasteiger partial charge on any atom is 0.339 e. The maximum atomic E-state index is 11.3. The Labute approximate surface area is 109 Å². The van der Waals surface area contributed by atoms with Crippen LogP contribution in [0.3, 0.4) is 0 Å². The lowest BCUT2D eigenvalue weighted by molar-refractivity contribution is 0.0697. The van der Waals surface area contributed by atoms with Gasteiger partial charge in [0.25, 0.3) is 0 Å². The van der Waals surface area contributed by atoms with Crippen molar-refractivity contribution in [3.63, 3.8) is 0 Å². The Hall–Kier alpha value is -2.14. The Kier molecular flexibility index (Phi) is 2.64. The van der Waals surface area contributed by atoms with E-state index in [1.807, 2.05) is 24.3 Å². The molecule has 98 valence electrons. The number of hydrogen-bond donors (Lipinski definition) is 3. The predicted molar refractivity (Wildman–Crippen MR) is 71.4 cm³/mol. The lowest BCUT2D eigenvalue weighted by Gasteiger charge is -2.19. The summed E-state index contributed by atoms with van der Waals surface area (Å²) in [5.41, 5.74) is 1.06. The molecular formula is C14H14N2O3. The van der Waals surface area contributed by atoms with Crippen molar-refractivity contribution in [3.8, 4) is 0 Å². The van der Waals surface area contributed by atoms with Crippen LogP contribution in [0.2, 0.25) is 0 Å². The second-order valence-electron chi connectivity index (χ2n) is 4.93. The highest BCUT2D eigenvalue weighted by atomic mass is 16.4. The Morgan fingerprint density at radius 2 is 2.11 bits per heavy atom. The van der Waals surface area contributed by atoms with Crippen LogP contribution in [0.1, 0.15) is 23.2 Å². The minimum Gasteiger partial charge on any atom is -0.478 e. The topological polar surface area (TPSA) is 82.5 Å². The third-order valence-electron chi connectivity index (χ3n) is 3.55. The average Bonchev–Trinajstić information content (AvgIpc) is 3.19. The summed E-state index contributed by atoms with van der Waals surface area (Å²) in [7, 11) is 0. The summed E-state index contributed by atoms with van der Waals surface area (Å²) in [5, 5.41) is 22.6. The number of carbonyl (C=O) groups is 1. The molecule has 0 unspecified atom stereocenters. The molecule has 0 saturated heterocycles. The number of aromatic carboxylic acids is 1. The molecule has 0 bridgehead atoms. The van der Waals surface area contributed by atoms with Crippen molar-refractivity contribution in [1.82, 2.24) is 4.98 Å². The van der Waals surface area contributed by atoms with E-state index < -0.39 is 5.97 Å². The van der Waals surface area contributed by atoms with Crippen LogP contribution >= 0.6 is 0 Å². The van der Waals surface area contributed by atoms with E-state index in [-0.39, 0.29) is 17.7 Å². The summed E-state index contributed by atoms with van der Waals surface area (Å²) in [4.78, 5) is 15.5. The van der Waals surface area contributed by atoms with Crippen molar-refractivity contribution >= 4 is 22.6 Å². The van der Waals surface area contributed by atoms with E-state index in [0.717, 1.165) is 23.7 Å². The highest BCUT2D eigenvalue weighted by Crippen LogP contribution is 2.40. The molecule has 1 aliphatic rings. The number of aromatic nitrogens is 1. The number of pyridine rings is 1. The number of aliphatic hydroxyl groups excluding tert-OH is 1. The lowest BCUT2D eigenvalue weighted by Crippen LogP contribution is -2.27. The highest BCUT2D eigenvalue weighted by molar-refractivity contribution is 6.04. The third-order valence-corrected chi connectivity index (χ3v) is 3.55. The van der Waals surface area contributed by atoms with Gasteiger partial charge in [0.2, 0.25) is 0 Å². The van der Waals surface area contributed by atoms with Gasteiger partial charge in [0.15, 0.2) is 0 Å². The molecule has 0 amide bonds. The van der Waals surface area contributed by atoms with Crippen molar-refractivity contribution in [2.75, 3.05) is 11.9 Å². The van der Waals surface area contributed by atoms with Gasteiger partial charge in [-0.1, -0.05) is 18.2 Å². The predicted octanol–water partition coefficient (Wildman–Crippen LogP) is 1.87. The fourth-order valence-corrected chi connectivity index (χ4v) is 2.18. The van der Waals surface area contributed by atoms with E-state index >= 15 is 0 Å². The number of rotatable bonds is 4. The van der Waals surface area contributed by atoms with Crippen LogP contribution in [0.4, 0.5) is 5.69 Å². The van der Waals surface area contributed by atoms with Crippen LogP contribution in [0, 0.1) is 0 Å². The quantitative estimate of drug-likeness (QED) is 0.779. The molecule has 1 aromatic carbocycles. The number of nitrogens with zero attached hydrogens (tertiary/aromatic N) is 1. The zero-order chi connectivity index (χ0) is 13.5. The summed E-state index contributed by atoms with van der Waals surface area (Å²) in [6.07, 6.45) is 3.05. The molecular weight excluding hydrogens is 244 g/mol. The SMILES string of the molecule is O=C(O)c1cnc2ccccc2c1NC1(CO)CC1. The summed E-state index contributed by atoms with van der Waals surface area (Å²) in [6.45, 7) is 0.00269. The average molecular weight is 258 g/mol. The lowest BCUT2D eigenvalue weighted by atomic mass is 10.1. The zero-order valence-electron chi connectivity index (χ0n) is 10.3. The first kappa shape index (κ1) is 11.9. The second-order valence-corrected chi connectivity index (χ2v) is 4.93. The number of nitrogens with one attached hydrogen (secondary N) is 1. The molecule has 1 aliphatic carbocycles. The summed E-state index contributed by atoms with van der Waals surface area (Å²) < 4.78 is 0. The minimum absolute atomic E-state index is 0.00269. The van der Waals surface area contributed by atoms with Gasteiger partial charge in [0.05, 0.1) is 23.3 Å². The number of carboxylic acid groups (broad SMARTS) is 1. The molecule has 1 saturated carbocycles. The summed E-state index contributed by atoms with van der Waals surface area (Å²) in [5.74, 6) is -1.02. The minimum atomic E-state index is -1.02. The summed E-state index contributed by atoms with van der Waals surface area (Å²) in [6, 6.07) is 7.38. The normalized spacial score (nSPS) is 16.3. The van der Waals surface area contributed by atoms with Gasteiger partial charge in [0.1, 0.15) is 5.56 Å². The highest BCUT2D eigenvalue weighted by Gasteiger charge is 2.43. The van der Waals surface area contributed by atoms with E-state index in [2.05, 4.69) is 10.3 Å². The number of benzene rings is 1. The van der Waals surface area contributed by atoms with E-state index in [4.69, 9.17) is 0 Å². The van der Waals surface area contributed by atoms with Crippen LogP contribution in [0.15, 0.2) is 30.5 Å². The third kappa shape index (κ3) is 2.02. The summed E-state index contributed by atoms with van der Waals surface area (Å²) >= 11 is 0. The standard InChI is InChI=1S/C14H14N2O3/c17-8-14(5-6-14)16-12-9-3-1-2-4-11(9)15-7-10(12)13(18)19/h1-4,7,17H,5-6,8H2,(H,15,16)(H,18,19).